The number of carbonyl (C=O) groups excluding carboxylic acids is 1. The zero-order valence-electron chi connectivity index (χ0n) is 12.5. The number of hydrogen-bond acceptors (Lipinski definition) is 3. The summed E-state index contributed by atoms with van der Waals surface area (Å²) in [6.07, 6.45) is 1.61. The Morgan fingerprint density at radius 3 is 2.90 bits per heavy atom. The Morgan fingerprint density at radius 2 is 2.25 bits per heavy atom. The van der Waals surface area contributed by atoms with Gasteiger partial charge in [0.15, 0.2) is 0 Å². The monoisotopic (exact) mass is 273 g/mol. The van der Waals surface area contributed by atoms with Gasteiger partial charge in [-0.05, 0) is 31.2 Å². The fourth-order valence-corrected chi connectivity index (χ4v) is 1.93. The van der Waals surface area contributed by atoms with Gasteiger partial charge in [0.2, 0.25) is 5.91 Å². The molecule has 1 aromatic carbocycles. The summed E-state index contributed by atoms with van der Waals surface area (Å²) in [6, 6.07) is 9.02. The van der Waals surface area contributed by atoms with Crippen molar-refractivity contribution in [2.75, 3.05) is 25.5 Å². The molecule has 0 aliphatic carbocycles. The van der Waals surface area contributed by atoms with Crippen LogP contribution in [0.25, 0.3) is 0 Å². The lowest BCUT2D eigenvalue weighted by molar-refractivity contribution is -0.116. The number of nitriles is 1. The van der Waals surface area contributed by atoms with Gasteiger partial charge in [0.1, 0.15) is 0 Å². The maximum atomic E-state index is 11.9. The highest BCUT2D eigenvalue weighted by Crippen LogP contribution is 2.10. The molecular weight excluding hydrogens is 250 g/mol. The number of benzene rings is 1. The zero-order chi connectivity index (χ0) is 15.0. The van der Waals surface area contributed by atoms with Gasteiger partial charge in [-0.15, -0.1) is 0 Å². The molecule has 0 aromatic heterocycles. The van der Waals surface area contributed by atoms with Gasteiger partial charge in [-0.2, -0.15) is 5.26 Å². The Hall–Kier alpha value is -1.86. The normalized spacial score (nSPS) is 11.9. The number of anilines is 1. The molecule has 0 radical (unpaired) electrons. The van der Waals surface area contributed by atoms with Crippen LogP contribution in [0.2, 0.25) is 0 Å². The van der Waals surface area contributed by atoms with Crippen molar-refractivity contribution in [1.29, 1.82) is 5.26 Å². The predicted octanol–water partition coefficient (Wildman–Crippen LogP) is 2.86. The molecule has 1 atom stereocenters. The van der Waals surface area contributed by atoms with Gasteiger partial charge >= 0.3 is 0 Å². The Balaban J connectivity index is 2.38. The predicted molar refractivity (Wildman–Crippen MR) is 81.4 cm³/mol. The molecule has 1 aromatic rings. The molecule has 0 saturated heterocycles. The molecule has 20 heavy (non-hydrogen) atoms. The first-order chi connectivity index (χ1) is 9.55. The van der Waals surface area contributed by atoms with Crippen LogP contribution in [0, 0.1) is 17.2 Å². The van der Waals surface area contributed by atoms with Gasteiger partial charge in [-0.3, -0.25) is 4.79 Å². The quantitative estimate of drug-likeness (QED) is 0.831. The Labute approximate surface area is 121 Å². The summed E-state index contributed by atoms with van der Waals surface area (Å²) in [7, 11) is 2.04. The van der Waals surface area contributed by atoms with E-state index >= 15 is 0 Å². The van der Waals surface area contributed by atoms with Gasteiger partial charge in [-0.1, -0.05) is 26.3 Å². The Morgan fingerprint density at radius 1 is 1.50 bits per heavy atom. The van der Waals surface area contributed by atoms with E-state index in [4.69, 9.17) is 5.26 Å². The second-order valence-electron chi connectivity index (χ2n) is 5.27. The summed E-state index contributed by atoms with van der Waals surface area (Å²) in [5.74, 6) is 0.631. The summed E-state index contributed by atoms with van der Waals surface area (Å²) >= 11 is 0. The van der Waals surface area contributed by atoms with Crippen molar-refractivity contribution in [3.8, 4) is 6.07 Å². The summed E-state index contributed by atoms with van der Waals surface area (Å²) < 4.78 is 0. The summed E-state index contributed by atoms with van der Waals surface area (Å²) in [5, 5.41) is 11.6. The third-order valence-corrected chi connectivity index (χ3v) is 3.32. The lowest BCUT2D eigenvalue weighted by Gasteiger charge is -2.20. The van der Waals surface area contributed by atoms with E-state index in [2.05, 4.69) is 30.1 Å². The van der Waals surface area contributed by atoms with Crippen molar-refractivity contribution < 1.29 is 4.79 Å². The van der Waals surface area contributed by atoms with Gasteiger partial charge in [0.25, 0.3) is 0 Å². The maximum absolute atomic E-state index is 11.9. The molecule has 0 aliphatic rings. The van der Waals surface area contributed by atoms with Crippen LogP contribution in [0.3, 0.4) is 0 Å². The standard InChI is InChI=1S/C16H23N3O/c1-4-13(2)12-19(3)9-8-16(20)18-15-7-5-6-14(10-15)11-17/h5-7,10,13H,4,8-9,12H2,1-3H3,(H,18,20). The average molecular weight is 273 g/mol. The first kappa shape index (κ1) is 16.2. The molecule has 0 fully saturated rings. The topological polar surface area (TPSA) is 56.1 Å². The van der Waals surface area contributed by atoms with Gasteiger partial charge in [0.05, 0.1) is 11.6 Å². The minimum absolute atomic E-state index is 0.0175. The highest BCUT2D eigenvalue weighted by Gasteiger charge is 2.08. The Bertz CT molecular complexity index is 479. The van der Waals surface area contributed by atoms with E-state index in [1.165, 1.54) is 0 Å². The molecule has 0 spiro atoms. The van der Waals surface area contributed by atoms with Crippen LogP contribution in [0.1, 0.15) is 32.3 Å². The third-order valence-electron chi connectivity index (χ3n) is 3.32. The molecule has 0 aliphatic heterocycles. The van der Waals surface area contributed by atoms with E-state index in [-0.39, 0.29) is 5.91 Å². The first-order valence-electron chi connectivity index (χ1n) is 7.03. The number of nitrogens with one attached hydrogen (secondary N) is 1. The van der Waals surface area contributed by atoms with Crippen LogP contribution < -0.4 is 5.32 Å². The molecule has 1 rings (SSSR count). The second kappa shape index (κ2) is 8.34. The molecular formula is C16H23N3O. The molecule has 0 heterocycles. The molecule has 108 valence electrons. The van der Waals surface area contributed by atoms with Crippen LogP contribution in [0.5, 0.6) is 0 Å². The van der Waals surface area contributed by atoms with E-state index in [1.54, 1.807) is 24.3 Å². The minimum Gasteiger partial charge on any atom is -0.326 e. The van der Waals surface area contributed by atoms with Crippen molar-refractivity contribution in [3.63, 3.8) is 0 Å². The van der Waals surface area contributed by atoms with Crippen molar-refractivity contribution in [3.05, 3.63) is 29.8 Å². The van der Waals surface area contributed by atoms with Crippen LogP contribution in [-0.2, 0) is 4.79 Å². The highest BCUT2D eigenvalue weighted by molar-refractivity contribution is 5.90. The van der Waals surface area contributed by atoms with Crippen molar-refractivity contribution in [2.45, 2.75) is 26.7 Å². The number of nitrogens with zero attached hydrogens (tertiary/aromatic N) is 2. The molecule has 1 unspecified atom stereocenters. The lowest BCUT2D eigenvalue weighted by atomic mass is 10.1. The molecule has 0 bridgehead atoms. The molecule has 4 heteroatoms. The van der Waals surface area contributed by atoms with E-state index < -0.39 is 0 Å². The second-order valence-corrected chi connectivity index (χ2v) is 5.27. The van der Waals surface area contributed by atoms with Gasteiger partial charge < -0.3 is 10.2 Å². The Kier molecular flexibility index (Phi) is 6.75. The molecule has 1 amide bonds. The van der Waals surface area contributed by atoms with Crippen LogP contribution in [-0.4, -0.2) is 30.9 Å². The van der Waals surface area contributed by atoms with Crippen LogP contribution in [0.15, 0.2) is 24.3 Å². The average Bonchev–Trinajstić information content (AvgIpc) is 2.45. The van der Waals surface area contributed by atoms with Crippen molar-refractivity contribution >= 4 is 11.6 Å². The number of amides is 1. The third kappa shape index (κ3) is 5.85. The molecule has 0 saturated carbocycles. The fourth-order valence-electron chi connectivity index (χ4n) is 1.93. The van der Waals surface area contributed by atoms with E-state index in [1.807, 2.05) is 7.05 Å². The summed E-state index contributed by atoms with van der Waals surface area (Å²) in [5.41, 5.74) is 1.23. The number of carbonyl (C=O) groups is 1. The summed E-state index contributed by atoms with van der Waals surface area (Å²) in [6.45, 7) is 6.14. The minimum atomic E-state index is -0.0175. The lowest BCUT2D eigenvalue weighted by Crippen LogP contribution is -2.28. The highest BCUT2D eigenvalue weighted by atomic mass is 16.1. The van der Waals surface area contributed by atoms with E-state index in [0.717, 1.165) is 19.5 Å². The van der Waals surface area contributed by atoms with Crippen molar-refractivity contribution in [2.24, 2.45) is 5.92 Å². The van der Waals surface area contributed by atoms with E-state index in [0.29, 0.717) is 23.6 Å². The van der Waals surface area contributed by atoms with Gasteiger partial charge in [0, 0.05) is 25.2 Å². The zero-order valence-corrected chi connectivity index (χ0v) is 12.5. The SMILES string of the molecule is CCC(C)CN(C)CCC(=O)Nc1cccc(C#N)c1. The smallest absolute Gasteiger partial charge is 0.225 e. The largest absolute Gasteiger partial charge is 0.326 e. The molecule has 1 N–H and O–H groups in total. The van der Waals surface area contributed by atoms with Crippen LogP contribution >= 0.6 is 0 Å². The fraction of sp³-hybridized carbons (Fsp3) is 0.500. The van der Waals surface area contributed by atoms with Crippen LogP contribution in [0.4, 0.5) is 5.69 Å². The van der Waals surface area contributed by atoms with Crippen molar-refractivity contribution in [1.82, 2.24) is 4.90 Å². The first-order valence-corrected chi connectivity index (χ1v) is 7.03. The summed E-state index contributed by atoms with van der Waals surface area (Å²) in [4.78, 5) is 14.0. The van der Waals surface area contributed by atoms with Gasteiger partial charge in [-0.25, -0.2) is 0 Å². The number of rotatable bonds is 7. The number of hydrogen-bond donors (Lipinski definition) is 1. The maximum Gasteiger partial charge on any atom is 0.225 e. The molecule has 4 nitrogen and oxygen atoms in total. The van der Waals surface area contributed by atoms with E-state index in [9.17, 15) is 4.79 Å².